The van der Waals surface area contributed by atoms with Crippen molar-refractivity contribution in [3.8, 4) is 0 Å². The Kier molecular flexibility index (Phi) is 3.70. The van der Waals surface area contributed by atoms with Crippen LogP contribution in [-0.4, -0.2) is 67.3 Å². The van der Waals surface area contributed by atoms with E-state index in [2.05, 4.69) is 10.2 Å². The summed E-state index contributed by atoms with van der Waals surface area (Å²) in [4.78, 5) is 16.7. The zero-order valence-electron chi connectivity index (χ0n) is 10.9. The Morgan fingerprint density at radius 1 is 1.17 bits per heavy atom. The lowest BCUT2D eigenvalue weighted by Crippen LogP contribution is -2.58. The molecular weight excluding hydrogens is 230 g/mol. The number of rotatable bonds is 1. The Morgan fingerprint density at radius 2 is 2.11 bits per heavy atom. The van der Waals surface area contributed by atoms with Gasteiger partial charge in [0, 0.05) is 32.3 Å². The van der Waals surface area contributed by atoms with E-state index < -0.39 is 0 Å². The van der Waals surface area contributed by atoms with Crippen molar-refractivity contribution in [1.29, 1.82) is 0 Å². The fraction of sp³-hybridized carbons (Fsp3) is 0.923. The van der Waals surface area contributed by atoms with Gasteiger partial charge >= 0.3 is 6.03 Å². The lowest BCUT2D eigenvalue weighted by Gasteiger charge is -2.44. The Labute approximate surface area is 108 Å². The molecule has 0 aliphatic carbocycles. The lowest BCUT2D eigenvalue weighted by atomic mass is 10.00. The van der Waals surface area contributed by atoms with Gasteiger partial charge in [-0.05, 0) is 25.8 Å². The molecule has 2 amide bonds. The number of piperidine rings is 1. The van der Waals surface area contributed by atoms with Crippen LogP contribution < -0.4 is 5.32 Å². The highest BCUT2D eigenvalue weighted by atomic mass is 16.5. The van der Waals surface area contributed by atoms with E-state index in [4.69, 9.17) is 4.74 Å². The molecule has 5 heteroatoms. The van der Waals surface area contributed by atoms with Crippen LogP contribution in [0.15, 0.2) is 0 Å². The number of nitrogens with one attached hydrogen (secondary N) is 1. The molecule has 3 aliphatic rings. The Bertz CT molecular complexity index is 305. The molecule has 0 bridgehead atoms. The monoisotopic (exact) mass is 253 g/mol. The first-order valence-electron chi connectivity index (χ1n) is 7.20. The van der Waals surface area contributed by atoms with Crippen LogP contribution in [0.2, 0.25) is 0 Å². The molecule has 3 rings (SSSR count). The minimum absolute atomic E-state index is 0.107. The number of nitrogens with zero attached hydrogens (tertiary/aromatic N) is 2. The van der Waals surface area contributed by atoms with Crippen LogP contribution in [0.3, 0.4) is 0 Å². The van der Waals surface area contributed by atoms with E-state index in [-0.39, 0.29) is 12.1 Å². The lowest BCUT2D eigenvalue weighted by molar-refractivity contribution is 0.0634. The molecule has 18 heavy (non-hydrogen) atoms. The smallest absolute Gasteiger partial charge is 0.317 e. The number of ether oxygens (including phenoxy) is 1. The largest absolute Gasteiger partial charge is 0.379 e. The van der Waals surface area contributed by atoms with Crippen molar-refractivity contribution in [2.75, 3.05) is 39.4 Å². The summed E-state index contributed by atoms with van der Waals surface area (Å²) in [5.41, 5.74) is 0. The van der Waals surface area contributed by atoms with Crippen LogP contribution in [0.25, 0.3) is 0 Å². The van der Waals surface area contributed by atoms with Gasteiger partial charge in [-0.15, -0.1) is 0 Å². The van der Waals surface area contributed by atoms with Gasteiger partial charge in [0.1, 0.15) is 0 Å². The number of hydrogen-bond acceptors (Lipinski definition) is 3. The summed E-state index contributed by atoms with van der Waals surface area (Å²) < 4.78 is 5.29. The summed E-state index contributed by atoms with van der Waals surface area (Å²) in [6, 6.07) is 0.927. The number of fused-ring (bicyclic) bond motifs is 1. The molecule has 102 valence electrons. The molecular formula is C13H23N3O2. The van der Waals surface area contributed by atoms with E-state index in [9.17, 15) is 4.79 Å². The highest BCUT2D eigenvalue weighted by Gasteiger charge is 2.31. The van der Waals surface area contributed by atoms with Crippen molar-refractivity contribution >= 4 is 6.03 Å². The molecule has 0 radical (unpaired) electrons. The van der Waals surface area contributed by atoms with E-state index in [0.29, 0.717) is 12.6 Å². The highest BCUT2D eigenvalue weighted by molar-refractivity contribution is 5.74. The maximum atomic E-state index is 12.2. The van der Waals surface area contributed by atoms with Crippen molar-refractivity contribution in [3.05, 3.63) is 0 Å². The quantitative estimate of drug-likeness (QED) is 0.746. The Hall–Kier alpha value is -0.810. The predicted molar refractivity (Wildman–Crippen MR) is 68.5 cm³/mol. The normalized spacial score (nSPS) is 33.2. The van der Waals surface area contributed by atoms with Gasteiger partial charge in [0.15, 0.2) is 0 Å². The van der Waals surface area contributed by atoms with Crippen LogP contribution in [-0.2, 0) is 4.74 Å². The number of hydrogen-bond donors (Lipinski definition) is 1. The molecule has 2 atom stereocenters. The molecule has 2 unspecified atom stereocenters. The van der Waals surface area contributed by atoms with Crippen molar-refractivity contribution in [3.63, 3.8) is 0 Å². The van der Waals surface area contributed by atoms with Crippen molar-refractivity contribution in [2.24, 2.45) is 0 Å². The van der Waals surface area contributed by atoms with E-state index in [0.717, 1.165) is 32.7 Å². The molecule has 0 aromatic heterocycles. The second-order valence-electron chi connectivity index (χ2n) is 5.64. The second-order valence-corrected chi connectivity index (χ2v) is 5.64. The fourth-order valence-electron chi connectivity index (χ4n) is 3.25. The molecule has 3 saturated heterocycles. The molecule has 0 aromatic rings. The van der Waals surface area contributed by atoms with E-state index in [1.54, 1.807) is 0 Å². The maximum absolute atomic E-state index is 12.2. The molecule has 5 nitrogen and oxygen atoms in total. The van der Waals surface area contributed by atoms with Gasteiger partial charge in [0.05, 0.1) is 12.6 Å². The number of carbonyl (C=O) groups excluding carboxylic acids is 1. The molecule has 1 N–H and O–H groups in total. The summed E-state index contributed by atoms with van der Waals surface area (Å²) in [6.07, 6.45) is 4.83. The third kappa shape index (κ3) is 2.62. The van der Waals surface area contributed by atoms with Crippen molar-refractivity contribution in [2.45, 2.75) is 37.8 Å². The minimum atomic E-state index is 0.107. The zero-order chi connectivity index (χ0) is 12.4. The molecule has 0 saturated carbocycles. The average molecular weight is 253 g/mol. The summed E-state index contributed by atoms with van der Waals surface area (Å²) >= 11 is 0. The summed E-state index contributed by atoms with van der Waals surface area (Å²) in [6.45, 7) is 5.49. The average Bonchev–Trinajstić information content (AvgIpc) is 2.91. The first kappa shape index (κ1) is 12.2. The molecule has 3 heterocycles. The summed E-state index contributed by atoms with van der Waals surface area (Å²) in [7, 11) is 0. The van der Waals surface area contributed by atoms with Gasteiger partial charge in [-0.25, -0.2) is 4.79 Å². The summed E-state index contributed by atoms with van der Waals surface area (Å²) in [5, 5.41) is 3.09. The van der Waals surface area contributed by atoms with Gasteiger partial charge in [-0.2, -0.15) is 0 Å². The van der Waals surface area contributed by atoms with E-state index >= 15 is 0 Å². The van der Waals surface area contributed by atoms with Crippen LogP contribution in [0.5, 0.6) is 0 Å². The highest BCUT2D eigenvalue weighted by Crippen LogP contribution is 2.21. The fourth-order valence-corrected chi connectivity index (χ4v) is 3.25. The standard InChI is InChI=1S/C13H23N3O2/c17-13(14-11-4-8-18-10-11)16-7-6-15-5-2-1-3-12(15)9-16/h11-12H,1-10H2,(H,14,17). The summed E-state index contributed by atoms with van der Waals surface area (Å²) in [5.74, 6) is 0. The van der Waals surface area contributed by atoms with Crippen LogP contribution in [0.4, 0.5) is 4.79 Å². The molecule has 3 aliphatic heterocycles. The van der Waals surface area contributed by atoms with Gasteiger partial charge < -0.3 is 15.0 Å². The Balaban J connectivity index is 1.51. The van der Waals surface area contributed by atoms with E-state index in [1.807, 2.05) is 4.90 Å². The number of piperazine rings is 1. The first-order valence-corrected chi connectivity index (χ1v) is 7.20. The van der Waals surface area contributed by atoms with Crippen LogP contribution in [0, 0.1) is 0 Å². The van der Waals surface area contributed by atoms with Gasteiger partial charge in [0.25, 0.3) is 0 Å². The van der Waals surface area contributed by atoms with E-state index in [1.165, 1.54) is 25.8 Å². The third-order valence-electron chi connectivity index (χ3n) is 4.38. The van der Waals surface area contributed by atoms with Gasteiger partial charge in [-0.1, -0.05) is 6.42 Å². The van der Waals surface area contributed by atoms with Gasteiger partial charge in [0.2, 0.25) is 0 Å². The van der Waals surface area contributed by atoms with Gasteiger partial charge in [-0.3, -0.25) is 4.90 Å². The first-order chi connectivity index (χ1) is 8.83. The van der Waals surface area contributed by atoms with Crippen molar-refractivity contribution in [1.82, 2.24) is 15.1 Å². The Morgan fingerprint density at radius 3 is 2.94 bits per heavy atom. The van der Waals surface area contributed by atoms with Crippen molar-refractivity contribution < 1.29 is 9.53 Å². The topological polar surface area (TPSA) is 44.8 Å². The predicted octanol–water partition coefficient (Wildman–Crippen LogP) is 0.655. The zero-order valence-corrected chi connectivity index (χ0v) is 10.9. The molecule has 0 spiro atoms. The number of urea groups is 1. The third-order valence-corrected chi connectivity index (χ3v) is 4.38. The SMILES string of the molecule is O=C(NC1CCOC1)N1CCN2CCCCC2C1. The van der Waals surface area contributed by atoms with Crippen LogP contribution >= 0.6 is 0 Å². The molecule has 3 fully saturated rings. The number of carbonyl (C=O) groups is 1. The maximum Gasteiger partial charge on any atom is 0.317 e. The van der Waals surface area contributed by atoms with Crippen LogP contribution in [0.1, 0.15) is 25.7 Å². The minimum Gasteiger partial charge on any atom is -0.379 e. The number of amides is 2. The molecule has 0 aromatic carbocycles. The second kappa shape index (κ2) is 5.45.